The van der Waals surface area contributed by atoms with Gasteiger partial charge in [0.2, 0.25) is 0 Å². The molecule has 0 radical (unpaired) electrons. The molecule has 0 aliphatic carbocycles. The normalized spacial score (nSPS) is 18.6. The molecule has 2 amide bonds. The number of carbonyl (C=O) groups is 1. The minimum Gasteiger partial charge on any atom is -0.493 e. The Hall–Kier alpha value is -2.80. The first kappa shape index (κ1) is 22.9. The highest BCUT2D eigenvalue weighted by atomic mass is 19.1. The van der Waals surface area contributed by atoms with Crippen molar-refractivity contribution in [1.82, 2.24) is 10.6 Å². The molecular weight excluding hydrogens is 397 g/mol. The predicted octanol–water partition coefficient (Wildman–Crippen LogP) is 2.62. The highest BCUT2D eigenvalue weighted by Crippen LogP contribution is 2.35. The van der Waals surface area contributed by atoms with E-state index in [1.54, 1.807) is 14.2 Å². The molecule has 168 valence electrons. The van der Waals surface area contributed by atoms with E-state index in [1.807, 2.05) is 25.1 Å². The molecule has 1 heterocycles. The maximum atomic E-state index is 13.4. The number of rotatable bonds is 8. The SMILES string of the molecule is CCNC(=O)N[C@@H](CC)[C@@H]1c2cc(OC)c(OC)cc2CC[NH+]1Cc1ccc(F)cc1. The molecule has 2 aromatic rings. The number of ether oxygens (including phenoxy) is 2. The van der Waals surface area contributed by atoms with E-state index < -0.39 is 0 Å². The Kier molecular flexibility index (Phi) is 7.74. The van der Waals surface area contributed by atoms with Gasteiger partial charge >= 0.3 is 6.03 Å². The van der Waals surface area contributed by atoms with Gasteiger partial charge in [-0.1, -0.05) is 19.1 Å². The van der Waals surface area contributed by atoms with E-state index >= 15 is 0 Å². The fraction of sp³-hybridized carbons (Fsp3) is 0.458. The number of nitrogens with one attached hydrogen (secondary N) is 3. The third-order valence-electron chi connectivity index (χ3n) is 5.98. The van der Waals surface area contributed by atoms with Gasteiger partial charge in [0.25, 0.3) is 0 Å². The van der Waals surface area contributed by atoms with Crippen molar-refractivity contribution in [1.29, 1.82) is 0 Å². The molecule has 1 unspecified atom stereocenters. The van der Waals surface area contributed by atoms with E-state index in [4.69, 9.17) is 9.47 Å². The Morgan fingerprint density at radius 3 is 2.45 bits per heavy atom. The number of halogens is 1. The molecule has 7 heteroatoms. The smallest absolute Gasteiger partial charge is 0.315 e. The van der Waals surface area contributed by atoms with E-state index in [0.29, 0.717) is 18.0 Å². The summed E-state index contributed by atoms with van der Waals surface area (Å²) in [5.74, 6) is 1.16. The number of methoxy groups -OCH3 is 2. The molecule has 3 atom stereocenters. The highest BCUT2D eigenvalue weighted by molar-refractivity contribution is 5.74. The monoisotopic (exact) mass is 430 g/mol. The van der Waals surface area contributed by atoms with Crippen LogP contribution in [0, 0.1) is 5.82 Å². The first-order valence-corrected chi connectivity index (χ1v) is 10.9. The van der Waals surface area contributed by atoms with Gasteiger partial charge in [0.1, 0.15) is 18.4 Å². The lowest BCUT2D eigenvalue weighted by Gasteiger charge is -2.39. The van der Waals surface area contributed by atoms with Crippen molar-refractivity contribution in [2.45, 2.75) is 45.3 Å². The van der Waals surface area contributed by atoms with Crippen LogP contribution in [0.3, 0.4) is 0 Å². The second-order valence-corrected chi connectivity index (χ2v) is 7.86. The number of hydrogen-bond donors (Lipinski definition) is 3. The summed E-state index contributed by atoms with van der Waals surface area (Å²) in [5.41, 5.74) is 3.43. The van der Waals surface area contributed by atoms with Crippen molar-refractivity contribution in [2.75, 3.05) is 27.3 Å². The summed E-state index contributed by atoms with van der Waals surface area (Å²) in [6.07, 6.45) is 1.67. The number of benzene rings is 2. The van der Waals surface area contributed by atoms with E-state index in [9.17, 15) is 9.18 Å². The van der Waals surface area contributed by atoms with Gasteiger partial charge in [0.05, 0.1) is 26.8 Å². The molecule has 0 saturated heterocycles. The Bertz CT molecular complexity index is 888. The van der Waals surface area contributed by atoms with Gasteiger partial charge in [-0.3, -0.25) is 0 Å². The van der Waals surface area contributed by atoms with Crippen LogP contribution in [-0.4, -0.2) is 39.4 Å². The van der Waals surface area contributed by atoms with Gasteiger partial charge in [0, 0.05) is 24.1 Å². The van der Waals surface area contributed by atoms with Crippen LogP contribution in [0.1, 0.15) is 43.0 Å². The summed E-state index contributed by atoms with van der Waals surface area (Å²) in [4.78, 5) is 13.7. The quantitative estimate of drug-likeness (QED) is 0.603. The lowest BCUT2D eigenvalue weighted by molar-refractivity contribution is -0.948. The van der Waals surface area contributed by atoms with E-state index in [2.05, 4.69) is 23.6 Å². The fourth-order valence-electron chi connectivity index (χ4n) is 4.48. The predicted molar refractivity (Wildman–Crippen MR) is 118 cm³/mol. The Balaban J connectivity index is 2.00. The molecule has 0 fully saturated rings. The summed E-state index contributed by atoms with van der Waals surface area (Å²) in [6.45, 7) is 6.20. The molecule has 0 spiro atoms. The molecular formula is C24H33FN3O3+. The Morgan fingerprint density at radius 2 is 1.84 bits per heavy atom. The summed E-state index contributed by atoms with van der Waals surface area (Å²) in [5, 5.41) is 6.01. The van der Waals surface area contributed by atoms with Gasteiger partial charge in [-0.05, 0) is 43.2 Å². The van der Waals surface area contributed by atoms with E-state index in [-0.39, 0.29) is 23.9 Å². The molecule has 3 N–H and O–H groups in total. The van der Waals surface area contributed by atoms with Crippen LogP contribution >= 0.6 is 0 Å². The van der Waals surface area contributed by atoms with Crippen LogP contribution < -0.4 is 25.0 Å². The highest BCUT2D eigenvalue weighted by Gasteiger charge is 2.38. The standard InChI is InChI=1S/C24H32FN3O3/c1-5-20(27-24(29)26-6-2)23-19-14-22(31-4)21(30-3)13-17(19)11-12-28(23)15-16-7-9-18(25)10-8-16/h7-10,13-14,20,23H,5-6,11-12,15H2,1-4H3,(H2,26,27,29)/p+1/t20-,23-/m0/s1. The topological polar surface area (TPSA) is 64.0 Å². The number of carbonyl (C=O) groups excluding carboxylic acids is 1. The zero-order chi connectivity index (χ0) is 22.4. The molecule has 1 aliphatic heterocycles. The number of amides is 2. The van der Waals surface area contributed by atoms with Crippen molar-refractivity contribution >= 4 is 6.03 Å². The Morgan fingerprint density at radius 1 is 1.16 bits per heavy atom. The van der Waals surface area contributed by atoms with Crippen molar-refractivity contribution in [3.05, 3.63) is 58.9 Å². The average molecular weight is 431 g/mol. The van der Waals surface area contributed by atoms with Gasteiger partial charge < -0.3 is 25.0 Å². The van der Waals surface area contributed by atoms with Crippen molar-refractivity contribution in [3.63, 3.8) is 0 Å². The minimum absolute atomic E-state index is 0.0289. The zero-order valence-electron chi connectivity index (χ0n) is 18.8. The molecule has 2 aromatic carbocycles. The van der Waals surface area contributed by atoms with E-state index in [1.165, 1.54) is 22.6 Å². The maximum Gasteiger partial charge on any atom is 0.315 e. The van der Waals surface area contributed by atoms with Crippen LogP contribution in [-0.2, 0) is 13.0 Å². The van der Waals surface area contributed by atoms with Crippen LogP contribution in [0.15, 0.2) is 36.4 Å². The number of fused-ring (bicyclic) bond motifs is 1. The maximum absolute atomic E-state index is 13.4. The lowest BCUT2D eigenvalue weighted by atomic mass is 9.86. The summed E-state index contributed by atoms with van der Waals surface area (Å²) in [7, 11) is 3.28. The van der Waals surface area contributed by atoms with Gasteiger partial charge in [-0.25, -0.2) is 9.18 Å². The molecule has 0 bridgehead atoms. The van der Waals surface area contributed by atoms with Gasteiger partial charge in [0.15, 0.2) is 11.5 Å². The fourth-order valence-corrected chi connectivity index (χ4v) is 4.48. The molecule has 1 aliphatic rings. The van der Waals surface area contributed by atoms with Crippen molar-refractivity contribution in [2.24, 2.45) is 0 Å². The molecule has 3 rings (SSSR count). The number of quaternary nitrogens is 1. The summed E-state index contributed by atoms with van der Waals surface area (Å²) >= 11 is 0. The largest absolute Gasteiger partial charge is 0.493 e. The van der Waals surface area contributed by atoms with Crippen LogP contribution in [0.2, 0.25) is 0 Å². The molecule has 31 heavy (non-hydrogen) atoms. The second-order valence-electron chi connectivity index (χ2n) is 7.86. The first-order valence-electron chi connectivity index (χ1n) is 10.9. The summed E-state index contributed by atoms with van der Waals surface area (Å²) in [6, 6.07) is 10.6. The number of urea groups is 1. The van der Waals surface area contributed by atoms with Gasteiger partial charge in [-0.15, -0.1) is 0 Å². The third kappa shape index (κ3) is 5.28. The van der Waals surface area contributed by atoms with Crippen LogP contribution in [0.4, 0.5) is 9.18 Å². The van der Waals surface area contributed by atoms with Gasteiger partial charge in [-0.2, -0.15) is 0 Å². The van der Waals surface area contributed by atoms with E-state index in [0.717, 1.165) is 37.1 Å². The number of hydrogen-bond acceptors (Lipinski definition) is 3. The second kappa shape index (κ2) is 10.5. The molecule has 0 aromatic heterocycles. The van der Waals surface area contributed by atoms with Crippen LogP contribution in [0.5, 0.6) is 11.5 Å². The molecule has 6 nitrogen and oxygen atoms in total. The minimum atomic E-state index is -0.236. The Labute approximate surface area is 183 Å². The zero-order valence-corrected chi connectivity index (χ0v) is 18.8. The molecule has 0 saturated carbocycles. The lowest BCUT2D eigenvalue weighted by Crippen LogP contribution is -3.13. The van der Waals surface area contributed by atoms with Crippen molar-refractivity contribution in [3.8, 4) is 11.5 Å². The first-order chi connectivity index (χ1) is 15.0. The van der Waals surface area contributed by atoms with Crippen molar-refractivity contribution < 1.29 is 23.6 Å². The van der Waals surface area contributed by atoms with Crippen LogP contribution in [0.25, 0.3) is 0 Å². The summed E-state index contributed by atoms with van der Waals surface area (Å²) < 4.78 is 24.5. The third-order valence-corrected chi connectivity index (χ3v) is 5.98. The average Bonchev–Trinajstić information content (AvgIpc) is 2.78.